The minimum atomic E-state index is -3.37. The average molecular weight is 460 g/mol. The monoisotopic (exact) mass is 459 g/mol. The Bertz CT molecular complexity index is 1410. The van der Waals surface area contributed by atoms with Crippen LogP contribution in [0.25, 0.3) is 33.2 Å². The molecule has 170 valence electrons. The second-order valence-corrected chi connectivity index (χ2v) is 11.5. The number of aryl methyl sites for hydroxylation is 1. The maximum atomic E-state index is 12.7. The van der Waals surface area contributed by atoms with E-state index in [1.54, 1.807) is 20.0 Å². The Labute approximate surface area is 195 Å². The second-order valence-electron chi connectivity index (χ2n) is 8.95. The minimum absolute atomic E-state index is 0.165. The Kier molecular flexibility index (Phi) is 6.37. The molecule has 0 saturated carbocycles. The largest absolute Gasteiger partial charge is 0.396 e. The van der Waals surface area contributed by atoms with E-state index in [1.807, 2.05) is 36.4 Å². The SMILES string of the molecule is CC(C)(c1cc(-c2cccc(-c3ccccc3CCCO)c2)cc2cccnc12)S(C)(=O)=O. The molecule has 4 rings (SSSR count). The normalized spacial score (nSPS) is 12.2. The molecule has 0 aliphatic rings. The number of rotatable bonds is 7. The second kappa shape index (κ2) is 9.08. The highest BCUT2D eigenvalue weighted by Crippen LogP contribution is 2.38. The summed E-state index contributed by atoms with van der Waals surface area (Å²) in [6.45, 7) is 3.64. The zero-order valence-corrected chi connectivity index (χ0v) is 20.1. The fourth-order valence-corrected chi connectivity index (χ4v) is 4.73. The van der Waals surface area contributed by atoms with Crippen molar-refractivity contribution in [3.8, 4) is 22.3 Å². The van der Waals surface area contributed by atoms with E-state index in [0.717, 1.165) is 40.5 Å². The predicted molar refractivity (Wildman–Crippen MR) is 136 cm³/mol. The smallest absolute Gasteiger partial charge is 0.156 e. The van der Waals surface area contributed by atoms with Gasteiger partial charge in [0.15, 0.2) is 9.84 Å². The number of fused-ring (bicyclic) bond motifs is 1. The van der Waals surface area contributed by atoms with Gasteiger partial charge in [-0.2, -0.15) is 0 Å². The van der Waals surface area contributed by atoms with Crippen molar-refractivity contribution >= 4 is 20.7 Å². The first-order valence-corrected chi connectivity index (χ1v) is 13.0. The molecule has 0 amide bonds. The van der Waals surface area contributed by atoms with Crippen LogP contribution >= 0.6 is 0 Å². The molecule has 0 fully saturated rings. The van der Waals surface area contributed by atoms with Crippen molar-refractivity contribution < 1.29 is 13.5 Å². The van der Waals surface area contributed by atoms with Gasteiger partial charge in [0.2, 0.25) is 0 Å². The Balaban J connectivity index is 1.88. The van der Waals surface area contributed by atoms with Crippen molar-refractivity contribution in [3.05, 3.63) is 90.1 Å². The fourth-order valence-electron chi connectivity index (χ4n) is 4.17. The summed E-state index contributed by atoms with van der Waals surface area (Å²) in [5.74, 6) is 0. The lowest BCUT2D eigenvalue weighted by atomic mass is 9.91. The Morgan fingerprint density at radius 1 is 0.879 bits per heavy atom. The third-order valence-electron chi connectivity index (χ3n) is 6.41. The highest BCUT2D eigenvalue weighted by Gasteiger charge is 2.34. The lowest BCUT2D eigenvalue weighted by Gasteiger charge is -2.25. The van der Waals surface area contributed by atoms with Crippen molar-refractivity contribution in [2.75, 3.05) is 12.9 Å². The summed E-state index contributed by atoms with van der Waals surface area (Å²) in [7, 11) is -3.37. The lowest BCUT2D eigenvalue weighted by molar-refractivity contribution is 0.288. The molecule has 1 heterocycles. The van der Waals surface area contributed by atoms with Crippen LogP contribution in [-0.2, 0) is 21.0 Å². The number of hydrogen-bond donors (Lipinski definition) is 1. The van der Waals surface area contributed by atoms with Crippen molar-refractivity contribution in [1.29, 1.82) is 0 Å². The van der Waals surface area contributed by atoms with Gasteiger partial charge in [0, 0.05) is 24.4 Å². The number of aliphatic hydroxyl groups excluding tert-OH is 1. The third-order valence-corrected chi connectivity index (χ3v) is 8.48. The molecule has 3 aromatic carbocycles. The van der Waals surface area contributed by atoms with Crippen LogP contribution in [0.5, 0.6) is 0 Å². The molecule has 1 aromatic heterocycles. The standard InChI is InChI=1S/C28H29NO3S/c1-28(2,33(3,31)32)26-19-24(18-23-12-7-15-29-27(23)26)21-10-6-11-22(17-21)25-14-5-4-9-20(25)13-8-16-30/h4-7,9-12,14-15,17-19,30H,8,13,16H2,1-3H3. The van der Waals surface area contributed by atoms with Crippen molar-refractivity contribution in [2.45, 2.75) is 31.4 Å². The van der Waals surface area contributed by atoms with E-state index in [-0.39, 0.29) is 6.61 Å². The average Bonchev–Trinajstić information content (AvgIpc) is 2.81. The molecule has 33 heavy (non-hydrogen) atoms. The van der Waals surface area contributed by atoms with Crippen molar-refractivity contribution in [2.24, 2.45) is 0 Å². The van der Waals surface area contributed by atoms with Gasteiger partial charge in [-0.05, 0) is 84.3 Å². The van der Waals surface area contributed by atoms with Crippen LogP contribution in [0, 0.1) is 0 Å². The number of pyridine rings is 1. The summed E-state index contributed by atoms with van der Waals surface area (Å²) in [5.41, 5.74) is 6.82. The van der Waals surface area contributed by atoms with Crippen LogP contribution in [-0.4, -0.2) is 31.4 Å². The van der Waals surface area contributed by atoms with Gasteiger partial charge >= 0.3 is 0 Å². The molecule has 4 aromatic rings. The number of sulfone groups is 1. The highest BCUT2D eigenvalue weighted by molar-refractivity contribution is 7.91. The number of aromatic nitrogens is 1. The van der Waals surface area contributed by atoms with Crippen molar-refractivity contribution in [1.82, 2.24) is 4.98 Å². The van der Waals surface area contributed by atoms with Gasteiger partial charge in [0.05, 0.1) is 10.3 Å². The summed E-state index contributed by atoms with van der Waals surface area (Å²) >= 11 is 0. The lowest BCUT2D eigenvalue weighted by Crippen LogP contribution is -2.28. The number of benzene rings is 3. The number of nitrogens with zero attached hydrogens (tertiary/aromatic N) is 1. The van der Waals surface area contributed by atoms with E-state index in [2.05, 4.69) is 41.4 Å². The molecule has 5 heteroatoms. The Morgan fingerprint density at radius 3 is 2.39 bits per heavy atom. The quantitative estimate of drug-likeness (QED) is 0.381. The molecule has 0 aliphatic heterocycles. The maximum absolute atomic E-state index is 12.7. The number of aliphatic hydroxyl groups is 1. The zero-order valence-electron chi connectivity index (χ0n) is 19.2. The molecule has 0 spiro atoms. The molecule has 0 unspecified atom stereocenters. The summed E-state index contributed by atoms with van der Waals surface area (Å²) in [6.07, 6.45) is 4.51. The minimum Gasteiger partial charge on any atom is -0.396 e. The summed E-state index contributed by atoms with van der Waals surface area (Å²) in [6, 6.07) is 24.5. The van der Waals surface area contributed by atoms with Crippen LogP contribution < -0.4 is 0 Å². The van der Waals surface area contributed by atoms with Crippen LogP contribution in [0.3, 0.4) is 0 Å². The van der Waals surface area contributed by atoms with Gasteiger partial charge < -0.3 is 5.11 Å². The summed E-state index contributed by atoms with van der Waals surface area (Å²) in [5, 5.41) is 10.2. The van der Waals surface area contributed by atoms with Gasteiger partial charge in [0.25, 0.3) is 0 Å². The molecule has 0 radical (unpaired) electrons. The first-order valence-electron chi connectivity index (χ1n) is 11.1. The van der Waals surface area contributed by atoms with E-state index < -0.39 is 14.6 Å². The summed E-state index contributed by atoms with van der Waals surface area (Å²) in [4.78, 5) is 4.52. The predicted octanol–water partition coefficient (Wildman–Crippen LogP) is 5.77. The molecule has 4 nitrogen and oxygen atoms in total. The van der Waals surface area contributed by atoms with Gasteiger partial charge in [-0.25, -0.2) is 8.42 Å². The third kappa shape index (κ3) is 4.56. The molecule has 0 saturated heterocycles. The molecule has 1 N–H and O–H groups in total. The Hall–Kier alpha value is -3.02. The van der Waals surface area contributed by atoms with Gasteiger partial charge in [-0.1, -0.05) is 48.5 Å². The van der Waals surface area contributed by atoms with E-state index in [9.17, 15) is 13.5 Å². The topological polar surface area (TPSA) is 67.3 Å². The van der Waals surface area contributed by atoms with E-state index in [0.29, 0.717) is 11.1 Å². The first kappa shape index (κ1) is 23.1. The molecule has 0 aliphatic carbocycles. The number of hydrogen-bond acceptors (Lipinski definition) is 4. The van der Waals surface area contributed by atoms with E-state index in [4.69, 9.17) is 0 Å². The van der Waals surface area contributed by atoms with Gasteiger partial charge in [-0.3, -0.25) is 4.98 Å². The zero-order chi connectivity index (χ0) is 23.6. The summed E-state index contributed by atoms with van der Waals surface area (Å²) < 4.78 is 24.2. The van der Waals surface area contributed by atoms with Crippen LogP contribution in [0.1, 0.15) is 31.4 Å². The maximum Gasteiger partial charge on any atom is 0.156 e. The van der Waals surface area contributed by atoms with E-state index in [1.165, 1.54) is 11.8 Å². The molecule has 0 bridgehead atoms. The van der Waals surface area contributed by atoms with Gasteiger partial charge in [0.1, 0.15) is 0 Å². The van der Waals surface area contributed by atoms with Gasteiger partial charge in [-0.15, -0.1) is 0 Å². The van der Waals surface area contributed by atoms with Crippen LogP contribution in [0.15, 0.2) is 79.0 Å². The van der Waals surface area contributed by atoms with Crippen LogP contribution in [0.2, 0.25) is 0 Å². The highest BCUT2D eigenvalue weighted by atomic mass is 32.2. The molecular weight excluding hydrogens is 430 g/mol. The molecular formula is C28H29NO3S. The first-order chi connectivity index (χ1) is 15.7. The van der Waals surface area contributed by atoms with E-state index >= 15 is 0 Å². The fraction of sp³-hybridized carbons (Fsp3) is 0.250. The molecule has 0 atom stereocenters. The Morgan fingerprint density at radius 2 is 1.64 bits per heavy atom. The van der Waals surface area contributed by atoms with Crippen molar-refractivity contribution in [3.63, 3.8) is 0 Å². The van der Waals surface area contributed by atoms with Crippen LogP contribution in [0.4, 0.5) is 0 Å².